The molecule has 1 saturated carbocycles. The Labute approximate surface area is 158 Å². The Balaban J connectivity index is 1.62. The van der Waals surface area contributed by atoms with E-state index in [1.165, 1.54) is 24.0 Å². The predicted octanol–water partition coefficient (Wildman–Crippen LogP) is 4.52. The molecule has 2 aliphatic carbocycles. The molecule has 0 saturated heterocycles. The number of hydrogen-bond acceptors (Lipinski definition) is 3. The molecule has 3 rings (SSSR count). The SMILES string of the molecule is CCCCC[C@H](O)CC[C@@H]1C2Cc3cccc(OCC)c3CC2C[C@H]1O. The van der Waals surface area contributed by atoms with Crippen LogP contribution in [0.3, 0.4) is 0 Å². The normalized spacial score (nSPS) is 28.5. The lowest BCUT2D eigenvalue weighted by Crippen LogP contribution is -2.28. The zero-order chi connectivity index (χ0) is 18.5. The Morgan fingerprint density at radius 3 is 2.77 bits per heavy atom. The average molecular weight is 361 g/mol. The average Bonchev–Trinajstić information content (AvgIpc) is 2.93. The first-order valence-electron chi connectivity index (χ1n) is 10.7. The summed E-state index contributed by atoms with van der Waals surface area (Å²) < 4.78 is 5.84. The summed E-state index contributed by atoms with van der Waals surface area (Å²) in [6.07, 6.45) is 8.78. The first-order valence-corrected chi connectivity index (χ1v) is 10.7. The molecule has 0 aliphatic heterocycles. The lowest BCUT2D eigenvalue weighted by atomic mass is 9.73. The van der Waals surface area contributed by atoms with Crippen LogP contribution in [0, 0.1) is 17.8 Å². The van der Waals surface area contributed by atoms with Crippen LogP contribution >= 0.6 is 0 Å². The minimum absolute atomic E-state index is 0.201. The highest BCUT2D eigenvalue weighted by molar-refractivity contribution is 5.43. The Morgan fingerprint density at radius 2 is 2.00 bits per heavy atom. The molecule has 1 fully saturated rings. The quantitative estimate of drug-likeness (QED) is 0.637. The standard InChI is InChI=1S/C23H36O3/c1-3-5-6-9-18(24)11-12-19-20-13-16-8-7-10-23(26-4-2)21(16)14-17(20)15-22(19)25/h7-8,10,17-20,22,24-25H,3-6,9,11-15H2,1-2H3/t17?,18-,19+,20?,22+/m0/s1. The Morgan fingerprint density at radius 1 is 1.15 bits per heavy atom. The van der Waals surface area contributed by atoms with Crippen LogP contribution in [0.5, 0.6) is 5.75 Å². The molecule has 0 spiro atoms. The summed E-state index contributed by atoms with van der Waals surface area (Å²) in [6, 6.07) is 6.41. The molecule has 0 amide bonds. The highest BCUT2D eigenvalue weighted by Gasteiger charge is 2.44. The van der Waals surface area contributed by atoms with Crippen LogP contribution < -0.4 is 4.74 Å². The molecule has 146 valence electrons. The molecule has 0 aromatic heterocycles. The van der Waals surface area contributed by atoms with E-state index in [1.54, 1.807) is 0 Å². The van der Waals surface area contributed by atoms with Gasteiger partial charge in [0.1, 0.15) is 5.75 Å². The zero-order valence-corrected chi connectivity index (χ0v) is 16.5. The summed E-state index contributed by atoms with van der Waals surface area (Å²) in [6.45, 7) is 4.93. The number of fused-ring (bicyclic) bond motifs is 2. The molecule has 2 N–H and O–H groups in total. The number of rotatable bonds is 9. The summed E-state index contributed by atoms with van der Waals surface area (Å²) in [5.41, 5.74) is 2.77. The van der Waals surface area contributed by atoms with Crippen molar-refractivity contribution < 1.29 is 14.9 Å². The molecule has 3 nitrogen and oxygen atoms in total. The molecule has 1 aromatic carbocycles. The maximum Gasteiger partial charge on any atom is 0.122 e. The minimum Gasteiger partial charge on any atom is -0.494 e. The van der Waals surface area contributed by atoms with Gasteiger partial charge in [0.25, 0.3) is 0 Å². The minimum atomic E-state index is -0.210. The van der Waals surface area contributed by atoms with Crippen LogP contribution in [0.25, 0.3) is 0 Å². The molecule has 1 aromatic rings. The highest BCUT2D eigenvalue weighted by Crippen LogP contribution is 2.48. The van der Waals surface area contributed by atoms with Crippen molar-refractivity contribution in [1.29, 1.82) is 0 Å². The lowest BCUT2D eigenvalue weighted by Gasteiger charge is -2.32. The number of hydrogen-bond donors (Lipinski definition) is 2. The molecule has 5 atom stereocenters. The number of unbranched alkanes of at least 4 members (excludes halogenated alkanes) is 2. The van der Waals surface area contributed by atoms with Crippen molar-refractivity contribution in [3.63, 3.8) is 0 Å². The Hall–Kier alpha value is -1.06. The fourth-order valence-corrected chi connectivity index (χ4v) is 5.25. The summed E-state index contributed by atoms with van der Waals surface area (Å²) in [4.78, 5) is 0. The number of benzene rings is 1. The molecule has 26 heavy (non-hydrogen) atoms. The van der Waals surface area contributed by atoms with E-state index in [0.29, 0.717) is 24.4 Å². The molecule has 0 bridgehead atoms. The number of aliphatic hydroxyl groups is 2. The van der Waals surface area contributed by atoms with Crippen LogP contribution in [0.4, 0.5) is 0 Å². The maximum absolute atomic E-state index is 10.7. The fourth-order valence-electron chi connectivity index (χ4n) is 5.25. The third-order valence-corrected chi connectivity index (χ3v) is 6.62. The molecule has 0 heterocycles. The van der Waals surface area contributed by atoms with Crippen molar-refractivity contribution >= 4 is 0 Å². The van der Waals surface area contributed by atoms with E-state index in [1.807, 2.05) is 6.92 Å². The smallest absolute Gasteiger partial charge is 0.122 e. The fraction of sp³-hybridized carbons (Fsp3) is 0.739. The van der Waals surface area contributed by atoms with Crippen LogP contribution in [0.1, 0.15) is 69.9 Å². The van der Waals surface area contributed by atoms with Gasteiger partial charge in [-0.05, 0) is 80.4 Å². The molecule has 3 heteroatoms. The number of aliphatic hydroxyl groups excluding tert-OH is 2. The van der Waals surface area contributed by atoms with E-state index in [2.05, 4.69) is 25.1 Å². The van der Waals surface area contributed by atoms with Gasteiger partial charge < -0.3 is 14.9 Å². The second kappa shape index (κ2) is 9.23. The van der Waals surface area contributed by atoms with Gasteiger partial charge in [0.05, 0.1) is 18.8 Å². The molecule has 0 radical (unpaired) electrons. The van der Waals surface area contributed by atoms with E-state index < -0.39 is 0 Å². The first kappa shape index (κ1) is 19.7. The third-order valence-electron chi connectivity index (χ3n) is 6.62. The van der Waals surface area contributed by atoms with Crippen molar-refractivity contribution in [3.8, 4) is 5.75 Å². The van der Waals surface area contributed by atoms with Crippen molar-refractivity contribution in [2.45, 2.75) is 83.8 Å². The lowest BCUT2D eigenvalue weighted by molar-refractivity contribution is 0.0869. The van der Waals surface area contributed by atoms with E-state index in [-0.39, 0.29) is 12.2 Å². The predicted molar refractivity (Wildman–Crippen MR) is 105 cm³/mol. The topological polar surface area (TPSA) is 49.7 Å². The maximum atomic E-state index is 10.7. The summed E-state index contributed by atoms with van der Waals surface area (Å²) >= 11 is 0. The van der Waals surface area contributed by atoms with Crippen LogP contribution in [-0.2, 0) is 12.8 Å². The van der Waals surface area contributed by atoms with E-state index in [4.69, 9.17) is 4.74 Å². The van der Waals surface area contributed by atoms with Gasteiger partial charge in [-0.1, -0.05) is 38.3 Å². The van der Waals surface area contributed by atoms with Crippen LogP contribution in [0.15, 0.2) is 18.2 Å². The van der Waals surface area contributed by atoms with E-state index in [0.717, 1.165) is 50.7 Å². The van der Waals surface area contributed by atoms with Crippen molar-refractivity contribution in [3.05, 3.63) is 29.3 Å². The van der Waals surface area contributed by atoms with Gasteiger partial charge in [0, 0.05) is 0 Å². The van der Waals surface area contributed by atoms with Crippen LogP contribution in [-0.4, -0.2) is 29.0 Å². The van der Waals surface area contributed by atoms with E-state index >= 15 is 0 Å². The highest BCUT2D eigenvalue weighted by atomic mass is 16.5. The molecular weight excluding hydrogens is 324 g/mol. The summed E-state index contributed by atoms with van der Waals surface area (Å²) in [5.74, 6) is 2.48. The first-order chi connectivity index (χ1) is 12.6. The van der Waals surface area contributed by atoms with Crippen LogP contribution in [0.2, 0.25) is 0 Å². The second-order valence-corrected chi connectivity index (χ2v) is 8.35. The molecule has 2 unspecified atom stereocenters. The third kappa shape index (κ3) is 4.43. The van der Waals surface area contributed by atoms with Gasteiger partial charge in [0.2, 0.25) is 0 Å². The Kier molecular flexibility index (Phi) is 6.99. The Bertz CT molecular complexity index is 571. The molecular formula is C23H36O3. The van der Waals surface area contributed by atoms with Crippen molar-refractivity contribution in [2.75, 3.05) is 6.61 Å². The van der Waals surface area contributed by atoms with Gasteiger partial charge >= 0.3 is 0 Å². The molecule has 2 aliphatic rings. The van der Waals surface area contributed by atoms with Gasteiger partial charge in [0.15, 0.2) is 0 Å². The van der Waals surface area contributed by atoms with E-state index in [9.17, 15) is 10.2 Å². The number of ether oxygens (including phenoxy) is 1. The summed E-state index contributed by atoms with van der Waals surface area (Å²) in [5, 5.41) is 21.0. The van der Waals surface area contributed by atoms with Gasteiger partial charge in [-0.3, -0.25) is 0 Å². The largest absolute Gasteiger partial charge is 0.494 e. The monoisotopic (exact) mass is 360 g/mol. The van der Waals surface area contributed by atoms with Crippen molar-refractivity contribution in [1.82, 2.24) is 0 Å². The zero-order valence-electron chi connectivity index (χ0n) is 16.5. The van der Waals surface area contributed by atoms with Gasteiger partial charge in [-0.2, -0.15) is 0 Å². The second-order valence-electron chi connectivity index (χ2n) is 8.35. The van der Waals surface area contributed by atoms with Crippen molar-refractivity contribution in [2.24, 2.45) is 17.8 Å². The van der Waals surface area contributed by atoms with Gasteiger partial charge in [-0.25, -0.2) is 0 Å². The summed E-state index contributed by atoms with van der Waals surface area (Å²) in [7, 11) is 0. The van der Waals surface area contributed by atoms with Gasteiger partial charge in [-0.15, -0.1) is 0 Å².